The van der Waals surface area contributed by atoms with Crippen LogP contribution >= 0.6 is 0 Å². The summed E-state index contributed by atoms with van der Waals surface area (Å²) in [6, 6.07) is 16.9. The maximum absolute atomic E-state index is 13.3. The van der Waals surface area contributed by atoms with Crippen LogP contribution in [0.2, 0.25) is 0 Å². The maximum Gasteiger partial charge on any atom is 0.264 e. The molecule has 0 saturated heterocycles. The number of benzene rings is 2. The first-order valence-electron chi connectivity index (χ1n) is 9.25. The highest BCUT2D eigenvalue weighted by Crippen LogP contribution is 2.28. The minimum atomic E-state index is -3.95. The number of aromatic nitrogens is 1. The third-order valence-electron chi connectivity index (χ3n) is 4.57. The number of carbonyl (C=O) groups is 1. The summed E-state index contributed by atoms with van der Waals surface area (Å²) in [5.41, 5.74) is 5.31. The number of amides is 1. The van der Waals surface area contributed by atoms with E-state index in [0.717, 1.165) is 21.0 Å². The van der Waals surface area contributed by atoms with Gasteiger partial charge in [-0.15, -0.1) is 0 Å². The van der Waals surface area contributed by atoms with E-state index >= 15 is 0 Å². The second kappa shape index (κ2) is 9.32. The zero-order chi connectivity index (χ0) is 21.6. The van der Waals surface area contributed by atoms with Gasteiger partial charge >= 0.3 is 0 Å². The number of anilines is 1. The molecular weight excluding hydrogens is 400 g/mol. The Kier molecular flexibility index (Phi) is 6.58. The molecule has 0 saturated carbocycles. The number of pyridine rings is 1. The van der Waals surface area contributed by atoms with Crippen LogP contribution in [0, 0.1) is 13.8 Å². The van der Waals surface area contributed by atoms with Crippen molar-refractivity contribution in [2.24, 2.45) is 5.10 Å². The molecule has 1 N–H and O–H groups in total. The fraction of sp³-hybridized carbons (Fsp3) is 0.136. The monoisotopic (exact) mass is 422 g/mol. The molecule has 0 unspecified atom stereocenters. The standard InChI is InChI=1S/C22H22N4O3S/c1-17-7-6-10-21(18(17)2)26(30(28,29)20-8-4-3-5-9-20)16-22(27)25-24-15-19-11-13-23-14-12-19/h3-15H,16H2,1-2H3,(H,25,27)/b24-15-. The zero-order valence-electron chi connectivity index (χ0n) is 16.7. The van der Waals surface area contributed by atoms with Gasteiger partial charge in [0.15, 0.2) is 0 Å². The second-order valence-corrected chi connectivity index (χ2v) is 8.48. The van der Waals surface area contributed by atoms with Crippen LogP contribution in [0.4, 0.5) is 5.69 Å². The van der Waals surface area contributed by atoms with Crippen LogP contribution in [0.3, 0.4) is 0 Å². The van der Waals surface area contributed by atoms with Gasteiger partial charge in [0.1, 0.15) is 6.54 Å². The van der Waals surface area contributed by atoms with Gasteiger partial charge in [-0.3, -0.25) is 14.1 Å². The predicted molar refractivity (Wildman–Crippen MR) is 117 cm³/mol. The van der Waals surface area contributed by atoms with Crippen LogP contribution in [0.5, 0.6) is 0 Å². The van der Waals surface area contributed by atoms with Gasteiger partial charge in [-0.05, 0) is 60.9 Å². The number of hydrazone groups is 1. The molecule has 2 aromatic carbocycles. The fourth-order valence-electron chi connectivity index (χ4n) is 2.82. The Labute approximate surface area is 176 Å². The largest absolute Gasteiger partial charge is 0.271 e. The Morgan fingerprint density at radius 1 is 1.03 bits per heavy atom. The van der Waals surface area contributed by atoms with E-state index in [4.69, 9.17) is 0 Å². The number of nitrogens with zero attached hydrogens (tertiary/aromatic N) is 3. The summed E-state index contributed by atoms with van der Waals surface area (Å²) in [4.78, 5) is 16.6. The van der Waals surface area contributed by atoms with Crippen molar-refractivity contribution in [3.8, 4) is 0 Å². The van der Waals surface area contributed by atoms with Crippen molar-refractivity contribution in [1.82, 2.24) is 10.4 Å². The Hall–Kier alpha value is -3.52. The van der Waals surface area contributed by atoms with Crippen molar-refractivity contribution in [2.45, 2.75) is 18.7 Å². The van der Waals surface area contributed by atoms with Gasteiger partial charge in [0, 0.05) is 12.4 Å². The lowest BCUT2D eigenvalue weighted by Gasteiger charge is -2.26. The van der Waals surface area contributed by atoms with E-state index in [0.29, 0.717) is 5.69 Å². The molecule has 1 aromatic heterocycles. The van der Waals surface area contributed by atoms with Crippen molar-refractivity contribution < 1.29 is 13.2 Å². The molecule has 0 aliphatic heterocycles. The lowest BCUT2D eigenvalue weighted by Crippen LogP contribution is -2.40. The van der Waals surface area contributed by atoms with E-state index in [1.807, 2.05) is 19.9 Å². The van der Waals surface area contributed by atoms with Gasteiger partial charge in [0.2, 0.25) is 0 Å². The van der Waals surface area contributed by atoms with Gasteiger partial charge in [0.25, 0.3) is 15.9 Å². The Balaban J connectivity index is 1.89. The molecule has 1 heterocycles. The van der Waals surface area contributed by atoms with E-state index in [1.165, 1.54) is 18.3 Å². The third kappa shape index (κ3) is 4.90. The van der Waals surface area contributed by atoms with Gasteiger partial charge in [-0.1, -0.05) is 30.3 Å². The molecule has 0 atom stereocenters. The van der Waals surface area contributed by atoms with Crippen molar-refractivity contribution >= 4 is 27.8 Å². The lowest BCUT2D eigenvalue weighted by atomic mass is 10.1. The number of rotatable bonds is 7. The fourth-order valence-corrected chi connectivity index (χ4v) is 4.32. The molecule has 30 heavy (non-hydrogen) atoms. The van der Waals surface area contributed by atoms with Crippen LogP contribution in [-0.4, -0.2) is 32.1 Å². The van der Waals surface area contributed by atoms with Crippen molar-refractivity contribution in [1.29, 1.82) is 0 Å². The summed E-state index contributed by atoms with van der Waals surface area (Å²) in [5, 5.41) is 3.91. The molecule has 3 rings (SSSR count). The summed E-state index contributed by atoms with van der Waals surface area (Å²) < 4.78 is 27.8. The summed E-state index contributed by atoms with van der Waals surface area (Å²) in [6.07, 6.45) is 4.68. The van der Waals surface area contributed by atoms with Gasteiger partial charge in [-0.2, -0.15) is 5.10 Å². The smallest absolute Gasteiger partial charge is 0.264 e. The number of hydrogen-bond donors (Lipinski definition) is 1. The molecule has 0 aliphatic carbocycles. The molecule has 0 aliphatic rings. The first kappa shape index (κ1) is 21.2. The number of hydrogen-bond acceptors (Lipinski definition) is 5. The highest BCUT2D eigenvalue weighted by atomic mass is 32.2. The van der Waals surface area contributed by atoms with Crippen molar-refractivity contribution in [3.05, 3.63) is 89.7 Å². The molecule has 0 radical (unpaired) electrons. The predicted octanol–water partition coefficient (Wildman–Crippen LogP) is 3.04. The van der Waals surface area contributed by atoms with Crippen molar-refractivity contribution in [3.63, 3.8) is 0 Å². The quantitative estimate of drug-likeness (QED) is 0.468. The van der Waals surface area contributed by atoms with E-state index in [9.17, 15) is 13.2 Å². The average Bonchev–Trinajstić information content (AvgIpc) is 2.75. The molecule has 1 amide bonds. The van der Waals surface area contributed by atoms with Crippen molar-refractivity contribution in [2.75, 3.05) is 10.8 Å². The number of sulfonamides is 1. The summed E-state index contributed by atoms with van der Waals surface area (Å²) in [5.74, 6) is -0.555. The Bertz CT molecular complexity index is 1150. The van der Waals surface area contributed by atoms with Gasteiger partial charge in [0.05, 0.1) is 16.8 Å². The summed E-state index contributed by atoms with van der Waals surface area (Å²) in [7, 11) is -3.95. The third-order valence-corrected chi connectivity index (χ3v) is 6.35. The number of nitrogens with one attached hydrogen (secondary N) is 1. The average molecular weight is 423 g/mol. The summed E-state index contributed by atoms with van der Waals surface area (Å²) in [6.45, 7) is 3.32. The Morgan fingerprint density at radius 2 is 1.73 bits per heavy atom. The lowest BCUT2D eigenvalue weighted by molar-refractivity contribution is -0.119. The molecule has 0 bridgehead atoms. The molecule has 3 aromatic rings. The highest BCUT2D eigenvalue weighted by Gasteiger charge is 2.28. The SMILES string of the molecule is Cc1cccc(N(CC(=O)N/N=C\c2ccncc2)S(=O)(=O)c2ccccc2)c1C. The molecule has 8 heteroatoms. The Morgan fingerprint density at radius 3 is 2.43 bits per heavy atom. The molecular formula is C22H22N4O3S. The van der Waals surface area contributed by atoms with E-state index in [1.54, 1.807) is 54.9 Å². The van der Waals surface area contributed by atoms with Gasteiger partial charge in [-0.25, -0.2) is 13.8 Å². The molecule has 0 spiro atoms. The molecule has 7 nitrogen and oxygen atoms in total. The van der Waals surface area contributed by atoms with Crippen LogP contribution in [0.1, 0.15) is 16.7 Å². The van der Waals surface area contributed by atoms with Crippen LogP contribution in [-0.2, 0) is 14.8 Å². The zero-order valence-corrected chi connectivity index (χ0v) is 17.5. The topological polar surface area (TPSA) is 91.7 Å². The van der Waals surface area contributed by atoms with E-state index in [2.05, 4.69) is 15.5 Å². The van der Waals surface area contributed by atoms with E-state index in [-0.39, 0.29) is 4.90 Å². The maximum atomic E-state index is 13.3. The second-order valence-electron chi connectivity index (χ2n) is 6.62. The first-order valence-corrected chi connectivity index (χ1v) is 10.7. The van der Waals surface area contributed by atoms with Crippen LogP contribution in [0.25, 0.3) is 0 Å². The van der Waals surface area contributed by atoms with Crippen LogP contribution < -0.4 is 9.73 Å². The summed E-state index contributed by atoms with van der Waals surface area (Å²) >= 11 is 0. The number of aryl methyl sites for hydroxylation is 1. The molecule has 154 valence electrons. The first-order chi connectivity index (χ1) is 14.4. The van der Waals surface area contributed by atoms with Crippen LogP contribution in [0.15, 0.2) is 83.1 Å². The van der Waals surface area contributed by atoms with E-state index < -0.39 is 22.5 Å². The molecule has 0 fully saturated rings. The normalized spacial score (nSPS) is 11.4. The number of carbonyl (C=O) groups excluding carboxylic acids is 1. The minimum Gasteiger partial charge on any atom is -0.271 e. The highest BCUT2D eigenvalue weighted by molar-refractivity contribution is 7.92. The van der Waals surface area contributed by atoms with Gasteiger partial charge < -0.3 is 0 Å². The minimum absolute atomic E-state index is 0.110.